The van der Waals surface area contributed by atoms with Gasteiger partial charge in [-0.1, -0.05) is 0 Å². The van der Waals surface area contributed by atoms with E-state index in [9.17, 15) is 13.8 Å². The molecule has 1 aromatic carbocycles. The second-order valence-corrected chi connectivity index (χ2v) is 3.07. The Morgan fingerprint density at radius 2 is 1.60 bits per heavy atom. The molecule has 0 saturated heterocycles. The Kier molecular flexibility index (Phi) is 3.53. The van der Waals surface area contributed by atoms with E-state index < -0.39 is 23.3 Å². The number of rotatable bonds is 3. The van der Waals surface area contributed by atoms with E-state index in [1.54, 1.807) is 0 Å². The van der Waals surface area contributed by atoms with Gasteiger partial charge in [0.05, 0.1) is 11.1 Å². The lowest BCUT2D eigenvalue weighted by molar-refractivity contribution is 0.0692. The van der Waals surface area contributed by atoms with Gasteiger partial charge in [-0.05, 0) is 24.3 Å². The molecule has 2 N–H and O–H groups in total. The monoisotopic (exact) mass is 230 g/mol. The molecule has 1 unspecified atom stereocenters. The molecule has 0 aliphatic rings. The molecule has 0 amide bonds. The fourth-order valence-corrected chi connectivity index (χ4v) is 1.09. The molecule has 0 aromatic heterocycles. The second kappa shape index (κ2) is 4.67. The lowest BCUT2D eigenvalue weighted by atomic mass is 10.1. The van der Waals surface area contributed by atoms with Crippen LogP contribution in [0, 0.1) is 0 Å². The second-order valence-electron chi connectivity index (χ2n) is 2.47. The zero-order valence-corrected chi connectivity index (χ0v) is 8.06. The number of carbonyl (C=O) groups is 2. The predicted molar refractivity (Wildman–Crippen MR) is 49.6 cm³/mol. The molecule has 1 aromatic rings. The average molecular weight is 230 g/mol. The maximum absolute atomic E-state index is 11.0. The van der Waals surface area contributed by atoms with Gasteiger partial charge in [0.2, 0.25) is 0 Å². The topological polar surface area (TPSA) is 101 Å². The summed E-state index contributed by atoms with van der Waals surface area (Å²) in [6, 6.07) is 4.77. The Labute approximate surface area is 87.0 Å². The summed E-state index contributed by atoms with van der Waals surface area (Å²) in [6.07, 6.45) is 0. The number of carboxylic acid groups (broad SMARTS) is 1. The van der Waals surface area contributed by atoms with E-state index in [-0.39, 0.29) is 11.1 Å². The van der Waals surface area contributed by atoms with Crippen molar-refractivity contribution < 1.29 is 27.6 Å². The van der Waals surface area contributed by atoms with Crippen LogP contribution in [-0.2, 0) is 15.5 Å². The highest BCUT2D eigenvalue weighted by molar-refractivity contribution is 7.74. The van der Waals surface area contributed by atoms with Crippen LogP contribution in [0.4, 0.5) is 0 Å². The average Bonchev–Trinajstić information content (AvgIpc) is 2.17. The minimum absolute atomic E-state index is 0.00222. The maximum atomic E-state index is 11.0. The number of hydrogen-bond donors (Lipinski definition) is 2. The normalized spacial score (nSPS) is 11.8. The zero-order valence-electron chi connectivity index (χ0n) is 7.25. The molecule has 6 nitrogen and oxygen atoms in total. The molecule has 0 heterocycles. The molecule has 1 rings (SSSR count). The summed E-state index contributed by atoms with van der Waals surface area (Å²) in [5.74, 6) is -2.12. The molecule has 0 radical (unpaired) electrons. The van der Waals surface area contributed by atoms with E-state index in [2.05, 4.69) is 4.18 Å². The summed E-state index contributed by atoms with van der Waals surface area (Å²) < 4.78 is 22.4. The molecule has 0 aliphatic carbocycles. The van der Waals surface area contributed by atoms with Crippen LogP contribution in [0.15, 0.2) is 24.3 Å². The highest BCUT2D eigenvalue weighted by Crippen LogP contribution is 2.06. The first-order valence-corrected chi connectivity index (χ1v) is 4.71. The number of carbonyl (C=O) groups excluding carboxylic acids is 1. The Morgan fingerprint density at radius 1 is 1.13 bits per heavy atom. The summed E-state index contributed by atoms with van der Waals surface area (Å²) in [5, 5.41) is 8.55. The molecule has 80 valence electrons. The Hall–Kier alpha value is -1.73. The van der Waals surface area contributed by atoms with Crippen LogP contribution >= 0.6 is 0 Å². The third-order valence-corrected chi connectivity index (χ3v) is 1.81. The van der Waals surface area contributed by atoms with Gasteiger partial charge in [0.25, 0.3) is 0 Å². The van der Waals surface area contributed by atoms with Crippen molar-refractivity contribution in [3.8, 4) is 0 Å². The number of hydrogen-bond acceptors (Lipinski definition) is 4. The van der Waals surface area contributed by atoms with Crippen LogP contribution < -0.4 is 0 Å². The quantitative estimate of drug-likeness (QED) is 0.740. The predicted octanol–water partition coefficient (Wildman–Crippen LogP) is 0.678. The van der Waals surface area contributed by atoms with Crippen molar-refractivity contribution >= 4 is 23.3 Å². The van der Waals surface area contributed by atoms with Gasteiger partial charge in [-0.2, -0.15) is 4.21 Å². The third kappa shape index (κ3) is 3.15. The van der Waals surface area contributed by atoms with Gasteiger partial charge < -0.3 is 9.29 Å². The molecule has 0 saturated carbocycles. The molecule has 1 atom stereocenters. The van der Waals surface area contributed by atoms with Crippen molar-refractivity contribution in [1.82, 2.24) is 0 Å². The zero-order chi connectivity index (χ0) is 11.4. The van der Waals surface area contributed by atoms with Gasteiger partial charge in [0.1, 0.15) is 0 Å². The molecule has 15 heavy (non-hydrogen) atoms. The first-order chi connectivity index (χ1) is 7.00. The Morgan fingerprint density at radius 3 is 2.00 bits per heavy atom. The minimum atomic E-state index is -2.68. The van der Waals surface area contributed by atoms with Crippen molar-refractivity contribution in [2.45, 2.75) is 0 Å². The summed E-state index contributed by atoms with van der Waals surface area (Å²) in [5.41, 5.74) is 0.0130. The van der Waals surface area contributed by atoms with Crippen molar-refractivity contribution in [2.75, 3.05) is 0 Å². The van der Waals surface area contributed by atoms with E-state index in [0.29, 0.717) is 0 Å². The highest BCUT2D eigenvalue weighted by atomic mass is 32.2. The standard InChI is InChI=1S/C8H6O6S/c9-7(10)5-1-3-6(4-2-5)8(11)14-15(12)13/h1-4H,(H,9,10)(H,12,13). The lowest BCUT2D eigenvalue weighted by Crippen LogP contribution is -2.07. The van der Waals surface area contributed by atoms with Crippen LogP contribution in [0.25, 0.3) is 0 Å². The van der Waals surface area contributed by atoms with Gasteiger partial charge in [0.15, 0.2) is 0 Å². The smallest absolute Gasteiger partial charge is 0.360 e. The molecule has 0 aliphatic heterocycles. The number of aromatic carboxylic acids is 1. The molecule has 0 spiro atoms. The van der Waals surface area contributed by atoms with E-state index in [1.807, 2.05) is 0 Å². The van der Waals surface area contributed by atoms with Crippen LogP contribution in [0.2, 0.25) is 0 Å². The van der Waals surface area contributed by atoms with E-state index >= 15 is 0 Å². The first-order valence-electron chi connectivity index (χ1n) is 3.67. The summed E-state index contributed by atoms with van der Waals surface area (Å²) >= 11 is -2.68. The van der Waals surface area contributed by atoms with E-state index in [1.165, 1.54) is 24.3 Å². The minimum Gasteiger partial charge on any atom is -0.478 e. The van der Waals surface area contributed by atoms with Gasteiger partial charge >= 0.3 is 23.3 Å². The van der Waals surface area contributed by atoms with Crippen molar-refractivity contribution in [3.05, 3.63) is 35.4 Å². The van der Waals surface area contributed by atoms with Crippen LogP contribution in [0.3, 0.4) is 0 Å². The van der Waals surface area contributed by atoms with Crippen molar-refractivity contribution in [3.63, 3.8) is 0 Å². The van der Waals surface area contributed by atoms with Crippen molar-refractivity contribution in [2.24, 2.45) is 0 Å². The van der Waals surface area contributed by atoms with Gasteiger partial charge in [-0.25, -0.2) is 9.59 Å². The number of benzene rings is 1. The van der Waals surface area contributed by atoms with Crippen LogP contribution in [0.5, 0.6) is 0 Å². The summed E-state index contributed by atoms with van der Waals surface area (Å²) in [4.78, 5) is 21.5. The third-order valence-electron chi connectivity index (χ3n) is 1.51. The van der Waals surface area contributed by atoms with Crippen LogP contribution in [0.1, 0.15) is 20.7 Å². The Bertz CT molecular complexity index is 410. The first kappa shape index (κ1) is 11.3. The molecule has 7 heteroatoms. The van der Waals surface area contributed by atoms with E-state index in [0.717, 1.165) is 0 Å². The summed E-state index contributed by atoms with van der Waals surface area (Å²) in [6.45, 7) is 0. The fraction of sp³-hybridized carbons (Fsp3) is 0. The van der Waals surface area contributed by atoms with Crippen molar-refractivity contribution in [1.29, 1.82) is 0 Å². The Balaban J connectivity index is 2.84. The lowest BCUT2D eigenvalue weighted by Gasteiger charge is -1.99. The molecule has 0 bridgehead atoms. The van der Waals surface area contributed by atoms with Gasteiger partial charge in [-0.3, -0.25) is 4.55 Å². The fourth-order valence-electron chi connectivity index (χ4n) is 0.862. The number of carboxylic acids is 1. The van der Waals surface area contributed by atoms with Crippen LogP contribution in [-0.4, -0.2) is 25.8 Å². The molecule has 0 fully saturated rings. The largest absolute Gasteiger partial charge is 0.478 e. The SMILES string of the molecule is O=C(O)c1ccc(C(=O)OS(=O)O)cc1. The molecular formula is C8H6O6S. The van der Waals surface area contributed by atoms with Gasteiger partial charge in [0, 0.05) is 0 Å². The van der Waals surface area contributed by atoms with E-state index in [4.69, 9.17) is 9.66 Å². The maximum Gasteiger partial charge on any atom is 0.360 e. The van der Waals surface area contributed by atoms with Gasteiger partial charge in [-0.15, -0.1) is 0 Å². The molecular weight excluding hydrogens is 224 g/mol. The summed E-state index contributed by atoms with van der Waals surface area (Å²) in [7, 11) is 0. The highest BCUT2D eigenvalue weighted by Gasteiger charge is 2.11.